The molecule has 4 rings (SSSR count). The number of rotatable bonds is 4. The molecule has 136 valence electrons. The molecule has 0 amide bonds. The summed E-state index contributed by atoms with van der Waals surface area (Å²) in [6, 6.07) is 21.8. The Morgan fingerprint density at radius 1 is 0.778 bits per heavy atom. The zero-order valence-electron chi connectivity index (χ0n) is 15.5. The first-order valence-electron chi connectivity index (χ1n) is 8.72. The molecular weight excluding hydrogens is 356 g/mol. The minimum absolute atomic E-state index is 0.711. The minimum atomic E-state index is -1.02. The van der Waals surface area contributed by atoms with Crippen LogP contribution in [0, 0.1) is 11.4 Å². The molecule has 0 radical (unpaired) electrons. The summed E-state index contributed by atoms with van der Waals surface area (Å²) in [4.78, 5) is 0. The summed E-state index contributed by atoms with van der Waals surface area (Å²) in [5, 5.41) is 1.86. The quantitative estimate of drug-likeness (QED) is 0.244. The molecule has 0 N–H and O–H groups in total. The van der Waals surface area contributed by atoms with E-state index in [4.69, 9.17) is 26.1 Å². The van der Waals surface area contributed by atoms with Gasteiger partial charge in [-0.1, -0.05) is 60.2 Å². The largest absolute Gasteiger partial charge is 0.456 e. The Balaban J connectivity index is 1.99. The molecular formula is C23H20O3S. The van der Waals surface area contributed by atoms with E-state index in [0.717, 1.165) is 37.6 Å². The zero-order chi connectivity index (χ0) is 19.0. The third-order valence-electron chi connectivity index (χ3n) is 4.93. The van der Waals surface area contributed by atoms with Gasteiger partial charge in [-0.05, 0) is 31.2 Å². The summed E-state index contributed by atoms with van der Waals surface area (Å²) >= 11 is 5.72. The Kier molecular flexibility index (Phi) is 4.56. The summed E-state index contributed by atoms with van der Waals surface area (Å²) in [6.07, 6.45) is 0. The highest BCUT2D eigenvalue weighted by Gasteiger charge is 2.34. The number of hydrogen-bond acceptors (Lipinski definition) is 4. The van der Waals surface area contributed by atoms with Crippen molar-refractivity contribution < 1.29 is 13.9 Å². The number of methoxy groups -OCH3 is 2. The normalized spacial score (nSPS) is 12.0. The molecule has 0 unspecified atom stereocenters. The maximum absolute atomic E-state index is 6.16. The van der Waals surface area contributed by atoms with Crippen molar-refractivity contribution in [3.8, 4) is 0 Å². The van der Waals surface area contributed by atoms with Gasteiger partial charge in [0, 0.05) is 36.1 Å². The van der Waals surface area contributed by atoms with E-state index in [1.165, 1.54) is 0 Å². The summed E-state index contributed by atoms with van der Waals surface area (Å²) in [5.41, 5.74) is 4.39. The lowest BCUT2D eigenvalue weighted by molar-refractivity contribution is -0.183. The third-order valence-corrected chi connectivity index (χ3v) is 5.37. The SMILES string of the molecule is COC(OC)(c1ccccc1)c1ccc2c(=S)c3cc(C)ccc3oc2c1. The van der Waals surface area contributed by atoms with E-state index in [0.29, 0.717) is 5.58 Å². The highest BCUT2D eigenvalue weighted by atomic mass is 32.1. The molecule has 0 aliphatic heterocycles. The number of hydrogen-bond donors (Lipinski definition) is 0. The fourth-order valence-electron chi connectivity index (χ4n) is 3.55. The molecule has 0 spiro atoms. The molecule has 3 aromatic carbocycles. The molecule has 1 heterocycles. The van der Waals surface area contributed by atoms with Gasteiger partial charge in [-0.25, -0.2) is 0 Å². The van der Waals surface area contributed by atoms with Crippen molar-refractivity contribution in [2.24, 2.45) is 0 Å². The van der Waals surface area contributed by atoms with E-state index in [9.17, 15) is 0 Å². The maximum atomic E-state index is 6.16. The second kappa shape index (κ2) is 6.89. The van der Waals surface area contributed by atoms with Gasteiger partial charge in [0.25, 0.3) is 0 Å². The summed E-state index contributed by atoms with van der Waals surface area (Å²) in [7, 11) is 3.28. The molecule has 3 nitrogen and oxygen atoms in total. The van der Waals surface area contributed by atoms with Crippen LogP contribution in [0.15, 0.2) is 71.1 Å². The smallest absolute Gasteiger partial charge is 0.221 e. The molecule has 0 fully saturated rings. The first-order valence-corrected chi connectivity index (χ1v) is 9.13. The molecule has 0 saturated carbocycles. The van der Waals surface area contributed by atoms with Crippen LogP contribution in [0.3, 0.4) is 0 Å². The molecule has 4 aromatic rings. The van der Waals surface area contributed by atoms with Crippen LogP contribution in [-0.2, 0) is 15.3 Å². The molecule has 0 aliphatic rings. The van der Waals surface area contributed by atoms with Crippen LogP contribution < -0.4 is 0 Å². The van der Waals surface area contributed by atoms with Gasteiger partial charge in [-0.15, -0.1) is 0 Å². The highest BCUT2D eigenvalue weighted by molar-refractivity contribution is 7.72. The lowest BCUT2D eigenvalue weighted by atomic mass is 9.96. The van der Waals surface area contributed by atoms with Crippen LogP contribution in [0.25, 0.3) is 21.9 Å². The summed E-state index contributed by atoms with van der Waals surface area (Å²) in [6.45, 7) is 2.05. The van der Waals surface area contributed by atoms with Crippen molar-refractivity contribution in [3.63, 3.8) is 0 Å². The Morgan fingerprint density at radius 2 is 1.52 bits per heavy atom. The molecule has 0 aliphatic carbocycles. The molecule has 4 heteroatoms. The van der Waals surface area contributed by atoms with Crippen molar-refractivity contribution >= 4 is 34.2 Å². The van der Waals surface area contributed by atoms with E-state index in [2.05, 4.69) is 6.07 Å². The molecule has 0 saturated heterocycles. The lowest BCUT2D eigenvalue weighted by Gasteiger charge is -2.31. The second-order valence-corrected chi connectivity index (χ2v) is 6.94. The van der Waals surface area contributed by atoms with Gasteiger partial charge in [0.2, 0.25) is 5.79 Å². The Morgan fingerprint density at radius 3 is 2.22 bits per heavy atom. The van der Waals surface area contributed by atoms with E-state index < -0.39 is 5.79 Å². The summed E-state index contributed by atoms with van der Waals surface area (Å²) < 4.78 is 18.7. The highest BCUT2D eigenvalue weighted by Crippen LogP contribution is 2.36. The van der Waals surface area contributed by atoms with Gasteiger partial charge in [0.05, 0.1) is 4.51 Å². The first kappa shape index (κ1) is 17.9. The van der Waals surface area contributed by atoms with Gasteiger partial charge < -0.3 is 13.9 Å². The Hall–Kier alpha value is -2.53. The van der Waals surface area contributed by atoms with Crippen molar-refractivity contribution in [1.29, 1.82) is 0 Å². The Labute approximate surface area is 163 Å². The summed E-state index contributed by atoms with van der Waals surface area (Å²) in [5.74, 6) is -1.02. The van der Waals surface area contributed by atoms with E-state index in [1.54, 1.807) is 14.2 Å². The van der Waals surface area contributed by atoms with Crippen LogP contribution in [0.4, 0.5) is 0 Å². The third kappa shape index (κ3) is 2.86. The van der Waals surface area contributed by atoms with Gasteiger partial charge in [0.15, 0.2) is 0 Å². The zero-order valence-corrected chi connectivity index (χ0v) is 16.3. The van der Waals surface area contributed by atoms with Crippen LogP contribution in [-0.4, -0.2) is 14.2 Å². The van der Waals surface area contributed by atoms with E-state index in [1.807, 2.05) is 67.6 Å². The van der Waals surface area contributed by atoms with Gasteiger partial charge in [0.1, 0.15) is 11.2 Å². The average Bonchev–Trinajstić information content (AvgIpc) is 2.71. The number of fused-ring (bicyclic) bond motifs is 2. The van der Waals surface area contributed by atoms with Gasteiger partial charge in [-0.3, -0.25) is 0 Å². The van der Waals surface area contributed by atoms with Gasteiger partial charge >= 0.3 is 0 Å². The van der Waals surface area contributed by atoms with Crippen LogP contribution in [0.1, 0.15) is 16.7 Å². The number of ether oxygens (including phenoxy) is 2. The van der Waals surface area contributed by atoms with E-state index in [-0.39, 0.29) is 0 Å². The van der Waals surface area contributed by atoms with Gasteiger partial charge in [-0.2, -0.15) is 0 Å². The van der Waals surface area contributed by atoms with E-state index >= 15 is 0 Å². The van der Waals surface area contributed by atoms with Crippen molar-refractivity contribution in [3.05, 3.63) is 87.9 Å². The number of benzene rings is 3. The molecule has 1 aromatic heterocycles. The predicted octanol–water partition coefficient (Wildman–Crippen LogP) is 6.12. The lowest BCUT2D eigenvalue weighted by Crippen LogP contribution is -2.32. The average molecular weight is 376 g/mol. The minimum Gasteiger partial charge on any atom is -0.456 e. The fraction of sp³-hybridized carbons (Fsp3) is 0.174. The standard InChI is InChI=1S/C23H20O3S/c1-15-9-12-20-19(13-15)22(27)18-11-10-17(14-21(18)26-20)23(24-2,25-3)16-7-5-4-6-8-16/h4-14H,1-3H3. The van der Waals surface area contributed by atoms with Crippen LogP contribution in [0.2, 0.25) is 0 Å². The maximum Gasteiger partial charge on any atom is 0.221 e. The first-order chi connectivity index (χ1) is 13.1. The predicted molar refractivity (Wildman–Crippen MR) is 111 cm³/mol. The molecule has 0 atom stereocenters. The fourth-order valence-corrected chi connectivity index (χ4v) is 3.88. The number of aryl methyl sites for hydroxylation is 1. The van der Waals surface area contributed by atoms with Crippen LogP contribution >= 0.6 is 12.2 Å². The van der Waals surface area contributed by atoms with Crippen molar-refractivity contribution in [2.45, 2.75) is 12.7 Å². The monoisotopic (exact) mass is 376 g/mol. The van der Waals surface area contributed by atoms with Crippen LogP contribution in [0.5, 0.6) is 0 Å². The van der Waals surface area contributed by atoms with Crippen molar-refractivity contribution in [2.75, 3.05) is 14.2 Å². The Bertz CT molecular complexity index is 1170. The van der Waals surface area contributed by atoms with Crippen molar-refractivity contribution in [1.82, 2.24) is 0 Å². The molecule has 0 bridgehead atoms. The topological polar surface area (TPSA) is 31.6 Å². The second-order valence-electron chi connectivity index (χ2n) is 6.53. The molecule has 27 heavy (non-hydrogen) atoms.